The molecule has 1 fully saturated rings. The number of ether oxygens (including phenoxy) is 1. The number of aliphatic hydroxyl groups is 1. The molecule has 0 heterocycles. The second kappa shape index (κ2) is 7.71. The lowest BCUT2D eigenvalue weighted by atomic mass is 9.94. The summed E-state index contributed by atoms with van der Waals surface area (Å²) < 4.78 is 29.2. The maximum atomic E-state index is 12.3. The van der Waals surface area contributed by atoms with Crippen LogP contribution in [0.2, 0.25) is 0 Å². The Bertz CT molecular complexity index is 432. The quantitative estimate of drug-likeness (QED) is 0.790. The summed E-state index contributed by atoms with van der Waals surface area (Å²) in [6.07, 6.45) is 6.04. The van der Waals surface area contributed by atoms with Gasteiger partial charge in [-0.3, -0.25) is 0 Å². The van der Waals surface area contributed by atoms with E-state index in [1.165, 1.54) is 18.9 Å². The summed E-state index contributed by atoms with van der Waals surface area (Å²) >= 11 is 0. The second-order valence-electron chi connectivity index (χ2n) is 5.73. The van der Waals surface area contributed by atoms with E-state index < -0.39 is 12.2 Å². The summed E-state index contributed by atoms with van der Waals surface area (Å²) in [4.78, 5) is 0. The van der Waals surface area contributed by atoms with Crippen molar-refractivity contribution in [3.05, 3.63) is 29.8 Å². The minimum Gasteiger partial charge on any atom is -0.434 e. The van der Waals surface area contributed by atoms with Gasteiger partial charge in [0, 0.05) is 18.7 Å². The van der Waals surface area contributed by atoms with Crippen molar-refractivity contribution in [1.29, 1.82) is 0 Å². The molecule has 2 N–H and O–H groups in total. The molecule has 0 saturated heterocycles. The van der Waals surface area contributed by atoms with Crippen LogP contribution in [0.1, 0.15) is 44.1 Å². The van der Waals surface area contributed by atoms with Crippen molar-refractivity contribution >= 4 is 0 Å². The Balaban J connectivity index is 1.88. The SMILES string of the molecule is OC1(CNCc2ccccc2OC(F)F)CCCCCC1. The molecule has 0 aromatic heterocycles. The number of nitrogens with one attached hydrogen (secondary N) is 1. The fourth-order valence-electron chi connectivity index (χ4n) is 2.85. The molecule has 0 unspecified atom stereocenters. The molecule has 0 spiro atoms. The van der Waals surface area contributed by atoms with E-state index in [1.54, 1.807) is 18.2 Å². The van der Waals surface area contributed by atoms with E-state index in [4.69, 9.17) is 0 Å². The molecule has 1 saturated carbocycles. The average Bonchev–Trinajstić information content (AvgIpc) is 2.65. The fraction of sp³-hybridized carbons (Fsp3) is 0.625. The van der Waals surface area contributed by atoms with Gasteiger partial charge >= 0.3 is 6.61 Å². The largest absolute Gasteiger partial charge is 0.434 e. The van der Waals surface area contributed by atoms with Crippen LogP contribution in [0.4, 0.5) is 8.78 Å². The van der Waals surface area contributed by atoms with E-state index in [1.807, 2.05) is 0 Å². The number of rotatable bonds is 6. The van der Waals surface area contributed by atoms with Gasteiger partial charge in [-0.05, 0) is 18.9 Å². The van der Waals surface area contributed by atoms with Crippen LogP contribution in [0.25, 0.3) is 0 Å². The molecular formula is C16H23F2NO2. The molecule has 2 rings (SSSR count). The van der Waals surface area contributed by atoms with Gasteiger partial charge < -0.3 is 15.2 Å². The number of benzene rings is 1. The first-order chi connectivity index (χ1) is 10.1. The molecular weight excluding hydrogens is 276 g/mol. The Morgan fingerprint density at radius 2 is 1.81 bits per heavy atom. The molecule has 21 heavy (non-hydrogen) atoms. The Labute approximate surface area is 124 Å². The van der Waals surface area contributed by atoms with Crippen LogP contribution >= 0.6 is 0 Å². The normalized spacial score (nSPS) is 18.5. The summed E-state index contributed by atoms with van der Waals surface area (Å²) in [5.41, 5.74) is 0.00433. The van der Waals surface area contributed by atoms with Gasteiger partial charge in [-0.2, -0.15) is 8.78 Å². The van der Waals surface area contributed by atoms with Crippen LogP contribution in [0.5, 0.6) is 5.75 Å². The Morgan fingerprint density at radius 3 is 2.48 bits per heavy atom. The van der Waals surface area contributed by atoms with Gasteiger partial charge in [-0.1, -0.05) is 43.9 Å². The molecule has 3 nitrogen and oxygen atoms in total. The summed E-state index contributed by atoms with van der Waals surface area (Å²) in [5.74, 6) is 0.188. The van der Waals surface area contributed by atoms with E-state index in [9.17, 15) is 13.9 Å². The van der Waals surface area contributed by atoms with Gasteiger partial charge in [0.25, 0.3) is 0 Å². The van der Waals surface area contributed by atoms with Crippen LogP contribution < -0.4 is 10.1 Å². The van der Waals surface area contributed by atoms with Crippen LogP contribution in [0.3, 0.4) is 0 Å². The van der Waals surface area contributed by atoms with Gasteiger partial charge in [-0.25, -0.2) is 0 Å². The van der Waals surface area contributed by atoms with Gasteiger partial charge in [0.15, 0.2) is 0 Å². The molecule has 0 bridgehead atoms. The topological polar surface area (TPSA) is 41.5 Å². The molecule has 0 aliphatic heterocycles. The first-order valence-electron chi connectivity index (χ1n) is 7.55. The standard InChI is InChI=1S/C16H23F2NO2/c17-15(18)21-14-8-4-3-7-13(14)11-19-12-16(20)9-5-1-2-6-10-16/h3-4,7-8,15,19-20H,1-2,5-6,9-12H2. The molecule has 0 radical (unpaired) electrons. The van der Waals surface area contributed by atoms with Crippen molar-refractivity contribution in [3.8, 4) is 5.75 Å². The third kappa shape index (κ3) is 5.25. The monoisotopic (exact) mass is 299 g/mol. The summed E-state index contributed by atoms with van der Waals surface area (Å²) in [5, 5.41) is 13.7. The first-order valence-corrected chi connectivity index (χ1v) is 7.55. The highest BCUT2D eigenvalue weighted by Gasteiger charge is 2.27. The Hall–Kier alpha value is -1.20. The van der Waals surface area contributed by atoms with E-state index in [0.29, 0.717) is 18.7 Å². The van der Waals surface area contributed by atoms with Crippen LogP contribution in [0, 0.1) is 0 Å². The summed E-state index contributed by atoms with van der Waals surface area (Å²) in [6.45, 7) is -1.93. The van der Waals surface area contributed by atoms with Crippen molar-refractivity contribution in [3.63, 3.8) is 0 Å². The predicted octanol–water partition coefficient (Wildman–Crippen LogP) is 3.46. The number of para-hydroxylation sites is 1. The number of hydrogen-bond donors (Lipinski definition) is 2. The molecule has 1 aliphatic rings. The highest BCUT2D eigenvalue weighted by molar-refractivity contribution is 5.33. The first kappa shape index (κ1) is 16.2. The maximum Gasteiger partial charge on any atom is 0.387 e. The molecule has 118 valence electrons. The number of alkyl halides is 2. The van der Waals surface area contributed by atoms with E-state index in [-0.39, 0.29) is 5.75 Å². The van der Waals surface area contributed by atoms with Gasteiger partial charge in [0.2, 0.25) is 0 Å². The van der Waals surface area contributed by atoms with Gasteiger partial charge in [-0.15, -0.1) is 0 Å². The lowest BCUT2D eigenvalue weighted by Crippen LogP contribution is -2.39. The van der Waals surface area contributed by atoms with Gasteiger partial charge in [0.1, 0.15) is 5.75 Å². The van der Waals surface area contributed by atoms with Crippen molar-refractivity contribution < 1.29 is 18.6 Å². The Kier molecular flexibility index (Phi) is 5.94. The lowest BCUT2D eigenvalue weighted by molar-refractivity contribution is -0.0505. The Morgan fingerprint density at radius 1 is 1.14 bits per heavy atom. The van der Waals surface area contributed by atoms with E-state index in [0.717, 1.165) is 25.7 Å². The lowest BCUT2D eigenvalue weighted by Gasteiger charge is -2.27. The molecule has 1 aromatic rings. The molecule has 1 aromatic carbocycles. The third-order valence-electron chi connectivity index (χ3n) is 3.99. The molecule has 0 amide bonds. The number of hydrogen-bond acceptors (Lipinski definition) is 3. The summed E-state index contributed by atoms with van der Waals surface area (Å²) in [6, 6.07) is 6.74. The van der Waals surface area contributed by atoms with Crippen molar-refractivity contribution in [2.24, 2.45) is 0 Å². The zero-order valence-electron chi connectivity index (χ0n) is 12.2. The average molecular weight is 299 g/mol. The number of halogens is 2. The molecule has 5 heteroatoms. The van der Waals surface area contributed by atoms with Crippen LogP contribution in [-0.4, -0.2) is 23.9 Å². The van der Waals surface area contributed by atoms with E-state index in [2.05, 4.69) is 10.1 Å². The zero-order chi connectivity index (χ0) is 15.1. The van der Waals surface area contributed by atoms with Crippen molar-refractivity contribution in [2.75, 3.05) is 6.54 Å². The van der Waals surface area contributed by atoms with Crippen molar-refractivity contribution in [2.45, 2.75) is 57.3 Å². The summed E-state index contributed by atoms with van der Waals surface area (Å²) in [7, 11) is 0. The predicted molar refractivity (Wildman–Crippen MR) is 77.4 cm³/mol. The smallest absolute Gasteiger partial charge is 0.387 e. The molecule has 1 aliphatic carbocycles. The second-order valence-corrected chi connectivity index (χ2v) is 5.73. The van der Waals surface area contributed by atoms with Gasteiger partial charge in [0.05, 0.1) is 5.60 Å². The van der Waals surface area contributed by atoms with Crippen LogP contribution in [0.15, 0.2) is 24.3 Å². The van der Waals surface area contributed by atoms with Crippen LogP contribution in [-0.2, 0) is 6.54 Å². The molecule has 0 atom stereocenters. The minimum absolute atomic E-state index is 0.188. The zero-order valence-corrected chi connectivity index (χ0v) is 12.2. The maximum absolute atomic E-state index is 12.3. The highest BCUT2D eigenvalue weighted by atomic mass is 19.3. The fourth-order valence-corrected chi connectivity index (χ4v) is 2.85. The minimum atomic E-state index is -2.82. The third-order valence-corrected chi connectivity index (χ3v) is 3.99. The van der Waals surface area contributed by atoms with Crippen molar-refractivity contribution in [1.82, 2.24) is 5.32 Å². The van der Waals surface area contributed by atoms with E-state index >= 15 is 0 Å². The highest BCUT2D eigenvalue weighted by Crippen LogP contribution is 2.27.